The summed E-state index contributed by atoms with van der Waals surface area (Å²) in [4.78, 5) is 17.9. The highest BCUT2D eigenvalue weighted by molar-refractivity contribution is 5.84. The van der Waals surface area contributed by atoms with E-state index in [4.69, 9.17) is 9.47 Å². The number of nitrogens with zero attached hydrogens (tertiary/aromatic N) is 2. The van der Waals surface area contributed by atoms with Gasteiger partial charge in [-0.15, -0.1) is 0 Å². The molecule has 0 aliphatic carbocycles. The Morgan fingerprint density at radius 3 is 2.68 bits per heavy atom. The van der Waals surface area contributed by atoms with Gasteiger partial charge in [0.1, 0.15) is 12.3 Å². The predicted molar refractivity (Wildman–Crippen MR) is 112 cm³/mol. The van der Waals surface area contributed by atoms with E-state index in [9.17, 15) is 4.79 Å². The van der Waals surface area contributed by atoms with Gasteiger partial charge < -0.3 is 25.0 Å². The summed E-state index contributed by atoms with van der Waals surface area (Å²) in [6, 6.07) is 8.16. The highest BCUT2D eigenvalue weighted by atomic mass is 16.5. The molecule has 156 valence electrons. The van der Waals surface area contributed by atoms with Gasteiger partial charge in [0.2, 0.25) is 5.91 Å². The van der Waals surface area contributed by atoms with E-state index in [1.165, 1.54) is 5.56 Å². The minimum atomic E-state index is -0.0236. The van der Waals surface area contributed by atoms with Crippen molar-refractivity contribution in [1.29, 1.82) is 0 Å². The molecular formula is C21H34N4O3. The molecule has 1 aromatic rings. The van der Waals surface area contributed by atoms with Crippen molar-refractivity contribution >= 4 is 11.9 Å². The Kier molecular flexibility index (Phi) is 9.07. The predicted octanol–water partition coefficient (Wildman–Crippen LogP) is 1.68. The van der Waals surface area contributed by atoms with Crippen molar-refractivity contribution in [3.8, 4) is 5.75 Å². The molecule has 1 amide bonds. The van der Waals surface area contributed by atoms with Crippen molar-refractivity contribution in [3.63, 3.8) is 0 Å². The number of aliphatic imine (C=N–C) groups is 1. The second-order valence-electron chi connectivity index (χ2n) is 7.51. The molecule has 1 aliphatic rings. The van der Waals surface area contributed by atoms with E-state index in [1.54, 1.807) is 26.1 Å². The average Bonchev–Trinajstić information content (AvgIpc) is 3.21. The van der Waals surface area contributed by atoms with Crippen LogP contribution in [0.15, 0.2) is 29.3 Å². The molecule has 0 saturated carbocycles. The molecule has 2 atom stereocenters. The number of hydrogen-bond donors (Lipinski definition) is 2. The molecule has 1 heterocycles. The normalized spacial score (nSPS) is 17.9. The molecule has 2 N–H and O–H groups in total. The number of methoxy groups -OCH3 is 1. The van der Waals surface area contributed by atoms with Gasteiger partial charge in [-0.05, 0) is 42.9 Å². The van der Waals surface area contributed by atoms with Crippen LogP contribution in [0.5, 0.6) is 5.75 Å². The first-order valence-corrected chi connectivity index (χ1v) is 9.94. The summed E-state index contributed by atoms with van der Waals surface area (Å²) in [5, 5.41) is 6.69. The summed E-state index contributed by atoms with van der Waals surface area (Å²) < 4.78 is 10.9. The highest BCUT2D eigenvalue weighted by Crippen LogP contribution is 2.14. The van der Waals surface area contributed by atoms with Crippen LogP contribution in [-0.4, -0.2) is 70.3 Å². The van der Waals surface area contributed by atoms with E-state index in [-0.39, 0.29) is 18.6 Å². The summed E-state index contributed by atoms with van der Waals surface area (Å²) in [7, 11) is 5.15. The van der Waals surface area contributed by atoms with E-state index < -0.39 is 0 Å². The standard InChI is InChI=1S/C21H34N4O3/c1-16(12-17-7-9-18(27-4)10-8-17)13-22-21(24-15-20(26)25(2)3)23-14-19-6-5-11-28-19/h7-10,16,19H,5-6,11-15H2,1-4H3,(H2,22,23,24). The van der Waals surface area contributed by atoms with Crippen LogP contribution >= 0.6 is 0 Å². The first kappa shape index (κ1) is 22.0. The van der Waals surface area contributed by atoms with Gasteiger partial charge in [0.05, 0.1) is 13.2 Å². The molecule has 1 aliphatic heterocycles. The lowest BCUT2D eigenvalue weighted by Gasteiger charge is -2.18. The van der Waals surface area contributed by atoms with Crippen LogP contribution in [0.3, 0.4) is 0 Å². The van der Waals surface area contributed by atoms with Gasteiger partial charge in [0.15, 0.2) is 5.96 Å². The second kappa shape index (κ2) is 11.5. The van der Waals surface area contributed by atoms with Crippen molar-refractivity contribution < 1.29 is 14.3 Å². The molecule has 2 unspecified atom stereocenters. The number of hydrogen-bond acceptors (Lipinski definition) is 4. The summed E-state index contributed by atoms with van der Waals surface area (Å²) in [5.74, 6) is 1.91. The lowest BCUT2D eigenvalue weighted by atomic mass is 10.0. The lowest BCUT2D eigenvalue weighted by Crippen LogP contribution is -2.43. The molecule has 0 bridgehead atoms. The van der Waals surface area contributed by atoms with E-state index >= 15 is 0 Å². The van der Waals surface area contributed by atoms with Crippen LogP contribution in [0.4, 0.5) is 0 Å². The number of guanidine groups is 1. The van der Waals surface area contributed by atoms with Crippen LogP contribution in [-0.2, 0) is 16.0 Å². The molecule has 1 aromatic carbocycles. The van der Waals surface area contributed by atoms with Crippen molar-refractivity contribution in [2.75, 3.05) is 47.4 Å². The average molecular weight is 391 g/mol. The zero-order chi connectivity index (χ0) is 20.4. The fourth-order valence-corrected chi connectivity index (χ4v) is 2.99. The maximum absolute atomic E-state index is 11.9. The maximum atomic E-state index is 11.9. The van der Waals surface area contributed by atoms with Crippen molar-refractivity contribution in [2.24, 2.45) is 10.9 Å². The minimum Gasteiger partial charge on any atom is -0.497 e. The molecule has 0 aromatic heterocycles. The molecule has 1 saturated heterocycles. The number of benzene rings is 1. The summed E-state index contributed by atoms with van der Waals surface area (Å²) in [6.45, 7) is 4.61. The van der Waals surface area contributed by atoms with Gasteiger partial charge in [0, 0.05) is 33.8 Å². The van der Waals surface area contributed by atoms with E-state index in [1.807, 2.05) is 12.1 Å². The SMILES string of the molecule is COc1ccc(CC(C)CNC(=NCC(=O)N(C)C)NCC2CCCO2)cc1. The fraction of sp³-hybridized carbons (Fsp3) is 0.619. The molecule has 28 heavy (non-hydrogen) atoms. The zero-order valence-electron chi connectivity index (χ0n) is 17.5. The van der Waals surface area contributed by atoms with Gasteiger partial charge in [-0.2, -0.15) is 0 Å². The molecular weight excluding hydrogens is 356 g/mol. The summed E-state index contributed by atoms with van der Waals surface area (Å²) >= 11 is 0. The molecule has 0 radical (unpaired) electrons. The fourth-order valence-electron chi connectivity index (χ4n) is 2.99. The number of carbonyl (C=O) groups excluding carboxylic acids is 1. The highest BCUT2D eigenvalue weighted by Gasteiger charge is 2.16. The summed E-state index contributed by atoms with van der Waals surface area (Å²) in [5.41, 5.74) is 1.27. The van der Waals surface area contributed by atoms with Crippen LogP contribution in [0.2, 0.25) is 0 Å². The van der Waals surface area contributed by atoms with E-state index in [0.29, 0.717) is 18.4 Å². The van der Waals surface area contributed by atoms with Crippen LogP contribution < -0.4 is 15.4 Å². The van der Waals surface area contributed by atoms with E-state index in [2.05, 4.69) is 34.7 Å². The Labute approximate surface area is 168 Å². The number of carbonyl (C=O) groups is 1. The lowest BCUT2D eigenvalue weighted by molar-refractivity contribution is -0.127. The third kappa shape index (κ3) is 7.76. The molecule has 7 heteroatoms. The maximum Gasteiger partial charge on any atom is 0.243 e. The smallest absolute Gasteiger partial charge is 0.243 e. The van der Waals surface area contributed by atoms with Gasteiger partial charge in [-0.25, -0.2) is 4.99 Å². The Balaban J connectivity index is 1.85. The topological polar surface area (TPSA) is 75.2 Å². The monoisotopic (exact) mass is 390 g/mol. The number of nitrogens with one attached hydrogen (secondary N) is 2. The number of rotatable bonds is 9. The zero-order valence-corrected chi connectivity index (χ0v) is 17.5. The van der Waals surface area contributed by atoms with Crippen molar-refractivity contribution in [3.05, 3.63) is 29.8 Å². The number of amides is 1. The van der Waals surface area contributed by atoms with Gasteiger partial charge in [0.25, 0.3) is 0 Å². The first-order chi connectivity index (χ1) is 13.5. The van der Waals surface area contributed by atoms with Gasteiger partial charge in [-0.3, -0.25) is 4.79 Å². The third-order valence-corrected chi connectivity index (χ3v) is 4.75. The molecule has 7 nitrogen and oxygen atoms in total. The Bertz CT molecular complexity index is 625. The van der Waals surface area contributed by atoms with E-state index in [0.717, 1.165) is 38.2 Å². The Morgan fingerprint density at radius 2 is 2.07 bits per heavy atom. The summed E-state index contributed by atoms with van der Waals surface area (Å²) in [6.07, 6.45) is 3.33. The molecule has 2 rings (SSSR count). The van der Waals surface area contributed by atoms with Crippen LogP contribution in [0, 0.1) is 5.92 Å². The molecule has 0 spiro atoms. The quantitative estimate of drug-likeness (QED) is 0.496. The third-order valence-electron chi connectivity index (χ3n) is 4.75. The van der Waals surface area contributed by atoms with Gasteiger partial charge in [-0.1, -0.05) is 19.1 Å². The van der Waals surface area contributed by atoms with Crippen LogP contribution in [0.25, 0.3) is 0 Å². The second-order valence-corrected chi connectivity index (χ2v) is 7.51. The largest absolute Gasteiger partial charge is 0.497 e. The Hall–Kier alpha value is -2.28. The first-order valence-electron chi connectivity index (χ1n) is 9.94. The Morgan fingerprint density at radius 1 is 1.32 bits per heavy atom. The number of ether oxygens (including phenoxy) is 2. The minimum absolute atomic E-state index is 0.0236. The van der Waals surface area contributed by atoms with Crippen LogP contribution in [0.1, 0.15) is 25.3 Å². The van der Waals surface area contributed by atoms with Crippen molar-refractivity contribution in [2.45, 2.75) is 32.3 Å². The number of likely N-dealkylation sites (N-methyl/N-ethyl adjacent to an activating group) is 1. The van der Waals surface area contributed by atoms with Crippen molar-refractivity contribution in [1.82, 2.24) is 15.5 Å². The van der Waals surface area contributed by atoms with Gasteiger partial charge >= 0.3 is 0 Å². The molecule has 1 fully saturated rings.